The Morgan fingerprint density at radius 2 is 1.72 bits per heavy atom. The van der Waals surface area contributed by atoms with Crippen LogP contribution in [0.25, 0.3) is 22.4 Å². The second-order valence-corrected chi connectivity index (χ2v) is 7.70. The molecule has 1 heterocycles. The summed E-state index contributed by atoms with van der Waals surface area (Å²) in [5.41, 5.74) is 2.95. The van der Waals surface area contributed by atoms with Gasteiger partial charge in [0.2, 0.25) is 0 Å². The summed E-state index contributed by atoms with van der Waals surface area (Å²) in [6, 6.07) is 17.0. The van der Waals surface area contributed by atoms with E-state index in [2.05, 4.69) is 15.3 Å². The molecular formula is C23H17Cl2N3O4. The summed E-state index contributed by atoms with van der Waals surface area (Å²) in [6.45, 7) is -0.457. The van der Waals surface area contributed by atoms with E-state index in [1.165, 1.54) is 0 Å². The van der Waals surface area contributed by atoms with Crippen molar-refractivity contribution in [1.29, 1.82) is 0 Å². The molecule has 0 fully saturated rings. The van der Waals surface area contributed by atoms with E-state index in [0.29, 0.717) is 38.2 Å². The highest BCUT2D eigenvalue weighted by Gasteiger charge is 2.13. The van der Waals surface area contributed by atoms with Crippen molar-refractivity contribution in [3.8, 4) is 17.1 Å². The maximum absolute atomic E-state index is 12.4. The van der Waals surface area contributed by atoms with Crippen LogP contribution in [0.1, 0.15) is 10.4 Å². The van der Waals surface area contributed by atoms with Crippen molar-refractivity contribution >= 4 is 51.8 Å². The first kappa shape index (κ1) is 21.7. The average Bonchev–Trinajstić information content (AvgIpc) is 3.20. The number of carbonyl (C=O) groups excluding carboxylic acids is 2. The van der Waals surface area contributed by atoms with Gasteiger partial charge in [-0.25, -0.2) is 9.78 Å². The van der Waals surface area contributed by atoms with E-state index in [0.717, 1.165) is 11.3 Å². The number of fused-ring (bicyclic) bond motifs is 1. The number of H-pyrrole nitrogens is 1. The minimum Gasteiger partial charge on any atom is -0.497 e. The first-order valence-corrected chi connectivity index (χ1v) is 10.2. The van der Waals surface area contributed by atoms with Gasteiger partial charge in [0.05, 0.1) is 23.7 Å². The molecule has 0 aliphatic rings. The Morgan fingerprint density at radius 3 is 2.41 bits per heavy atom. The number of methoxy groups -OCH3 is 1. The lowest BCUT2D eigenvalue weighted by Crippen LogP contribution is -2.20. The fraction of sp³-hybridized carbons (Fsp3) is 0.0870. The number of rotatable bonds is 6. The van der Waals surface area contributed by atoms with Gasteiger partial charge in [0.1, 0.15) is 11.6 Å². The highest BCUT2D eigenvalue weighted by Crippen LogP contribution is 2.24. The first-order valence-electron chi connectivity index (χ1n) is 9.48. The van der Waals surface area contributed by atoms with E-state index >= 15 is 0 Å². The van der Waals surface area contributed by atoms with Crippen molar-refractivity contribution in [3.63, 3.8) is 0 Å². The normalized spacial score (nSPS) is 10.7. The smallest absolute Gasteiger partial charge is 0.338 e. The molecule has 0 saturated carbocycles. The largest absolute Gasteiger partial charge is 0.497 e. The second-order valence-electron chi connectivity index (χ2n) is 6.83. The van der Waals surface area contributed by atoms with Gasteiger partial charge in [0.25, 0.3) is 5.91 Å². The highest BCUT2D eigenvalue weighted by molar-refractivity contribution is 6.35. The molecule has 4 aromatic rings. The van der Waals surface area contributed by atoms with Crippen molar-refractivity contribution in [3.05, 3.63) is 76.3 Å². The molecule has 7 nitrogen and oxygen atoms in total. The predicted octanol–water partition coefficient (Wildman–Crippen LogP) is 5.34. The van der Waals surface area contributed by atoms with Gasteiger partial charge in [-0.1, -0.05) is 23.2 Å². The van der Waals surface area contributed by atoms with Crippen molar-refractivity contribution in [1.82, 2.24) is 9.97 Å². The zero-order valence-corrected chi connectivity index (χ0v) is 18.3. The van der Waals surface area contributed by atoms with Gasteiger partial charge in [-0.05, 0) is 60.7 Å². The minimum absolute atomic E-state index is 0.293. The Hall–Kier alpha value is -3.55. The third kappa shape index (κ3) is 5.01. The molecule has 162 valence electrons. The van der Waals surface area contributed by atoms with E-state index in [-0.39, 0.29) is 0 Å². The number of hydrogen-bond donors (Lipinski definition) is 2. The van der Waals surface area contributed by atoms with Gasteiger partial charge >= 0.3 is 5.97 Å². The van der Waals surface area contributed by atoms with E-state index in [1.807, 2.05) is 24.3 Å². The molecule has 0 aliphatic heterocycles. The number of nitrogens with zero attached hydrogens (tertiary/aromatic N) is 1. The zero-order chi connectivity index (χ0) is 22.7. The number of nitrogens with one attached hydrogen (secondary N) is 2. The number of ether oxygens (including phenoxy) is 2. The van der Waals surface area contributed by atoms with Crippen LogP contribution >= 0.6 is 23.2 Å². The van der Waals surface area contributed by atoms with Crippen LogP contribution in [0.3, 0.4) is 0 Å². The Bertz CT molecular complexity index is 1280. The molecule has 1 amide bonds. The molecule has 2 N–H and O–H groups in total. The van der Waals surface area contributed by atoms with Crippen LogP contribution in [-0.4, -0.2) is 35.6 Å². The van der Waals surface area contributed by atoms with Gasteiger partial charge in [0.15, 0.2) is 6.61 Å². The number of anilines is 1. The number of esters is 1. The number of imidazole rings is 1. The quantitative estimate of drug-likeness (QED) is 0.371. The van der Waals surface area contributed by atoms with Crippen molar-refractivity contribution in [2.45, 2.75) is 0 Å². The summed E-state index contributed by atoms with van der Waals surface area (Å²) >= 11 is 11.8. The summed E-state index contributed by atoms with van der Waals surface area (Å²) in [4.78, 5) is 32.2. The molecule has 3 aromatic carbocycles. The van der Waals surface area contributed by atoms with Gasteiger partial charge in [-0.2, -0.15) is 0 Å². The lowest BCUT2D eigenvalue weighted by atomic mass is 10.2. The summed E-state index contributed by atoms with van der Waals surface area (Å²) in [5, 5.41) is 3.34. The van der Waals surface area contributed by atoms with Crippen molar-refractivity contribution in [2.75, 3.05) is 19.0 Å². The molecule has 0 saturated heterocycles. The molecular weight excluding hydrogens is 453 g/mol. The number of benzene rings is 3. The number of halogens is 2. The third-order valence-corrected chi connectivity index (χ3v) is 5.00. The first-order chi connectivity index (χ1) is 15.4. The van der Waals surface area contributed by atoms with Crippen LogP contribution in [0.15, 0.2) is 60.7 Å². The molecule has 4 rings (SSSR count). The Balaban J connectivity index is 1.42. The monoisotopic (exact) mass is 469 g/mol. The second kappa shape index (κ2) is 9.30. The summed E-state index contributed by atoms with van der Waals surface area (Å²) in [6.07, 6.45) is 0. The van der Waals surface area contributed by atoms with E-state index in [1.54, 1.807) is 43.5 Å². The van der Waals surface area contributed by atoms with Gasteiger partial charge in [-0.3, -0.25) is 4.79 Å². The summed E-state index contributed by atoms with van der Waals surface area (Å²) in [5.74, 6) is 0.262. The Kier molecular flexibility index (Phi) is 6.30. The Labute approximate surface area is 193 Å². The fourth-order valence-corrected chi connectivity index (χ4v) is 3.59. The number of aromatic nitrogens is 2. The third-order valence-electron chi connectivity index (χ3n) is 4.56. The van der Waals surface area contributed by atoms with Gasteiger partial charge in [-0.15, -0.1) is 0 Å². The maximum Gasteiger partial charge on any atom is 0.338 e. The molecule has 9 heteroatoms. The predicted molar refractivity (Wildman–Crippen MR) is 123 cm³/mol. The van der Waals surface area contributed by atoms with Crippen LogP contribution in [0, 0.1) is 0 Å². The van der Waals surface area contributed by atoms with Crippen LogP contribution < -0.4 is 10.1 Å². The van der Waals surface area contributed by atoms with Gasteiger partial charge in [0, 0.05) is 21.3 Å². The molecule has 0 radical (unpaired) electrons. The van der Waals surface area contributed by atoms with Crippen LogP contribution in [0.2, 0.25) is 10.0 Å². The molecule has 0 unspecified atom stereocenters. The standard InChI is InChI=1S/C23H17Cl2N3O4/c1-31-18-5-2-13(3-6-18)22-27-19-7-4-14(8-20(19)28-22)23(30)32-12-21(29)26-17-10-15(24)9-16(25)11-17/h2-11H,12H2,1H3,(H,26,29)(H,27,28). The van der Waals surface area contributed by atoms with Gasteiger partial charge < -0.3 is 19.8 Å². The Morgan fingerprint density at radius 1 is 1.00 bits per heavy atom. The van der Waals surface area contributed by atoms with E-state index in [9.17, 15) is 9.59 Å². The molecule has 0 atom stereocenters. The molecule has 0 bridgehead atoms. The zero-order valence-electron chi connectivity index (χ0n) is 16.8. The topological polar surface area (TPSA) is 93.3 Å². The number of carbonyl (C=O) groups is 2. The summed E-state index contributed by atoms with van der Waals surface area (Å²) in [7, 11) is 1.60. The van der Waals surface area contributed by atoms with Crippen LogP contribution in [-0.2, 0) is 9.53 Å². The average molecular weight is 470 g/mol. The molecule has 0 aliphatic carbocycles. The number of aromatic amines is 1. The lowest BCUT2D eigenvalue weighted by molar-refractivity contribution is -0.119. The SMILES string of the molecule is COc1ccc(-c2nc3ccc(C(=O)OCC(=O)Nc4cc(Cl)cc(Cl)c4)cc3[nH]2)cc1. The maximum atomic E-state index is 12.4. The van der Waals surface area contributed by atoms with Crippen LogP contribution in [0.4, 0.5) is 5.69 Å². The number of hydrogen-bond acceptors (Lipinski definition) is 5. The minimum atomic E-state index is -0.633. The highest BCUT2D eigenvalue weighted by atomic mass is 35.5. The molecule has 32 heavy (non-hydrogen) atoms. The molecule has 1 aromatic heterocycles. The fourth-order valence-electron chi connectivity index (χ4n) is 3.06. The van der Waals surface area contributed by atoms with E-state index < -0.39 is 18.5 Å². The number of amides is 1. The van der Waals surface area contributed by atoms with Crippen LogP contribution in [0.5, 0.6) is 5.75 Å². The van der Waals surface area contributed by atoms with Crippen molar-refractivity contribution in [2.24, 2.45) is 0 Å². The van der Waals surface area contributed by atoms with Crippen molar-refractivity contribution < 1.29 is 19.1 Å². The summed E-state index contributed by atoms with van der Waals surface area (Å²) < 4.78 is 10.3. The lowest BCUT2D eigenvalue weighted by Gasteiger charge is -2.07. The molecule has 0 spiro atoms. The van der Waals surface area contributed by atoms with E-state index in [4.69, 9.17) is 32.7 Å².